The van der Waals surface area contributed by atoms with Gasteiger partial charge in [0.05, 0.1) is 6.54 Å². The predicted octanol–water partition coefficient (Wildman–Crippen LogP) is 1.77. The van der Waals surface area contributed by atoms with Crippen LogP contribution >= 0.6 is 8.03 Å². The van der Waals surface area contributed by atoms with E-state index >= 15 is 0 Å². The molecule has 114 valence electrons. The molecule has 0 aliphatic carbocycles. The minimum Gasteiger partial charge on any atom is -0.481 e. The molecule has 0 saturated heterocycles. The molecule has 3 unspecified atom stereocenters. The van der Waals surface area contributed by atoms with Crippen molar-refractivity contribution in [2.45, 2.75) is 18.5 Å². The van der Waals surface area contributed by atoms with Gasteiger partial charge in [0, 0.05) is 12.1 Å². The molecule has 4 N–H and O–H groups in total. The topological polar surface area (TPSA) is 124 Å². The lowest BCUT2D eigenvalue weighted by molar-refractivity contribution is -0.142. The molecule has 7 nitrogen and oxygen atoms in total. The SMILES string of the molecule is O=C(O)CCC(C(=O)O)C(CNc1ccccc1)[P+](=O)O. The predicted molar refractivity (Wildman–Crippen MR) is 76.5 cm³/mol. The highest BCUT2D eigenvalue weighted by molar-refractivity contribution is 7.39. The molecule has 0 aliphatic rings. The Morgan fingerprint density at radius 3 is 2.29 bits per heavy atom. The van der Waals surface area contributed by atoms with Crippen LogP contribution in [0, 0.1) is 5.92 Å². The lowest BCUT2D eigenvalue weighted by Gasteiger charge is -2.15. The number of carboxylic acids is 2. The fourth-order valence-electron chi connectivity index (χ4n) is 1.91. The number of benzene rings is 1. The third-order valence-corrected chi connectivity index (χ3v) is 4.13. The summed E-state index contributed by atoms with van der Waals surface area (Å²) in [7, 11) is -2.75. The van der Waals surface area contributed by atoms with Gasteiger partial charge in [0.1, 0.15) is 5.92 Å². The fourth-order valence-corrected chi connectivity index (χ4v) is 2.74. The number of nitrogens with one attached hydrogen (secondary N) is 1. The normalized spacial score (nSPS) is 14.0. The number of carbonyl (C=O) groups is 2. The molecule has 0 radical (unpaired) electrons. The Labute approximate surface area is 122 Å². The van der Waals surface area contributed by atoms with Crippen molar-refractivity contribution in [3.63, 3.8) is 0 Å². The second kappa shape index (κ2) is 8.34. The van der Waals surface area contributed by atoms with Crippen molar-refractivity contribution in [1.29, 1.82) is 0 Å². The van der Waals surface area contributed by atoms with Gasteiger partial charge in [-0.3, -0.25) is 9.59 Å². The van der Waals surface area contributed by atoms with Crippen molar-refractivity contribution in [3.8, 4) is 0 Å². The molecule has 0 amide bonds. The van der Waals surface area contributed by atoms with Crippen LogP contribution in [-0.2, 0) is 14.2 Å². The van der Waals surface area contributed by atoms with E-state index in [0.717, 1.165) is 0 Å². The van der Waals surface area contributed by atoms with E-state index in [1.54, 1.807) is 24.3 Å². The molecule has 0 heterocycles. The van der Waals surface area contributed by atoms with Gasteiger partial charge in [0.2, 0.25) is 5.66 Å². The summed E-state index contributed by atoms with van der Waals surface area (Å²) in [5, 5.41) is 20.7. The number of hydrogen-bond donors (Lipinski definition) is 4. The van der Waals surface area contributed by atoms with Gasteiger partial charge in [0.15, 0.2) is 0 Å². The second-order valence-electron chi connectivity index (χ2n) is 4.49. The van der Waals surface area contributed by atoms with Gasteiger partial charge in [-0.25, -0.2) is 0 Å². The molecule has 1 aromatic rings. The molecule has 8 heteroatoms. The number of aliphatic carboxylic acids is 2. The summed E-state index contributed by atoms with van der Waals surface area (Å²) in [5.41, 5.74) is -0.362. The van der Waals surface area contributed by atoms with E-state index in [-0.39, 0.29) is 19.4 Å². The van der Waals surface area contributed by atoms with Crippen molar-refractivity contribution in [2.75, 3.05) is 11.9 Å². The highest BCUT2D eigenvalue weighted by Crippen LogP contribution is 2.32. The van der Waals surface area contributed by atoms with Crippen molar-refractivity contribution in [2.24, 2.45) is 5.92 Å². The van der Waals surface area contributed by atoms with Crippen LogP contribution in [0.15, 0.2) is 30.3 Å². The van der Waals surface area contributed by atoms with E-state index in [1.807, 2.05) is 6.07 Å². The maximum absolute atomic E-state index is 11.4. The third kappa shape index (κ3) is 5.89. The summed E-state index contributed by atoms with van der Waals surface area (Å²) < 4.78 is 11.4. The van der Waals surface area contributed by atoms with E-state index < -0.39 is 31.5 Å². The van der Waals surface area contributed by atoms with E-state index in [0.29, 0.717) is 5.69 Å². The average molecular weight is 314 g/mol. The molecule has 3 atom stereocenters. The van der Waals surface area contributed by atoms with Gasteiger partial charge in [-0.05, 0) is 23.1 Å². The van der Waals surface area contributed by atoms with E-state index in [9.17, 15) is 19.0 Å². The van der Waals surface area contributed by atoms with Gasteiger partial charge >= 0.3 is 20.0 Å². The molecule has 21 heavy (non-hydrogen) atoms. The standard InChI is InChI=1S/C13H16NO6P/c15-12(16)7-6-10(13(17)18)11(21(19)20)8-14-9-4-2-1-3-5-9/h1-5,10-11,14H,6-8H2,(H2-,15,16,17,18,19,20)/p+1. The van der Waals surface area contributed by atoms with Crippen LogP contribution in [0.25, 0.3) is 0 Å². The van der Waals surface area contributed by atoms with Crippen molar-refractivity contribution < 1.29 is 29.3 Å². The summed E-state index contributed by atoms with van der Waals surface area (Å²) in [6.07, 6.45) is -0.546. The van der Waals surface area contributed by atoms with Gasteiger partial charge in [0.25, 0.3) is 0 Å². The first-order valence-electron chi connectivity index (χ1n) is 6.30. The summed E-state index contributed by atoms with van der Waals surface area (Å²) in [5.74, 6) is -3.59. The van der Waals surface area contributed by atoms with Crippen LogP contribution in [0.1, 0.15) is 12.8 Å². The highest BCUT2D eigenvalue weighted by Gasteiger charge is 2.42. The van der Waals surface area contributed by atoms with Crippen LogP contribution in [-0.4, -0.2) is 39.2 Å². The third-order valence-electron chi connectivity index (χ3n) is 3.02. The van der Waals surface area contributed by atoms with Crippen molar-refractivity contribution in [3.05, 3.63) is 30.3 Å². The Morgan fingerprint density at radius 2 is 1.81 bits per heavy atom. The van der Waals surface area contributed by atoms with E-state index in [4.69, 9.17) is 10.2 Å². The quantitative estimate of drug-likeness (QED) is 0.512. The molecule has 1 rings (SSSR count). The number of hydrogen-bond acceptors (Lipinski definition) is 4. The largest absolute Gasteiger partial charge is 0.511 e. The highest BCUT2D eigenvalue weighted by atomic mass is 31.1. The number of para-hydroxylation sites is 1. The summed E-state index contributed by atoms with van der Waals surface area (Å²) in [6, 6.07) is 8.84. The Morgan fingerprint density at radius 1 is 1.19 bits per heavy atom. The van der Waals surface area contributed by atoms with Gasteiger partial charge in [-0.2, -0.15) is 4.89 Å². The zero-order chi connectivity index (χ0) is 15.8. The lowest BCUT2D eigenvalue weighted by atomic mass is 9.99. The molecule has 0 bridgehead atoms. The first kappa shape index (κ1) is 17.1. The molecule has 0 saturated carbocycles. The summed E-state index contributed by atoms with van der Waals surface area (Å²) in [6.45, 7) is -0.0215. The van der Waals surface area contributed by atoms with E-state index in [1.165, 1.54) is 0 Å². The maximum Gasteiger partial charge on any atom is 0.511 e. The van der Waals surface area contributed by atoms with Crippen LogP contribution in [0.2, 0.25) is 0 Å². The smallest absolute Gasteiger partial charge is 0.481 e. The van der Waals surface area contributed by atoms with Crippen molar-refractivity contribution >= 4 is 25.7 Å². The van der Waals surface area contributed by atoms with Gasteiger partial charge in [-0.15, -0.1) is 0 Å². The van der Waals surface area contributed by atoms with Crippen LogP contribution < -0.4 is 5.32 Å². The monoisotopic (exact) mass is 314 g/mol. The summed E-state index contributed by atoms with van der Waals surface area (Å²) in [4.78, 5) is 31.1. The molecule has 0 spiro atoms. The Hall–Kier alpha value is -1.98. The minimum atomic E-state index is -2.75. The Bertz CT molecular complexity index is 507. The molecular weight excluding hydrogens is 297 g/mol. The van der Waals surface area contributed by atoms with Crippen molar-refractivity contribution in [1.82, 2.24) is 0 Å². The van der Waals surface area contributed by atoms with E-state index in [2.05, 4.69) is 5.32 Å². The number of anilines is 1. The molecule has 0 aliphatic heterocycles. The Balaban J connectivity index is 2.74. The number of rotatable bonds is 9. The number of carboxylic acid groups (broad SMARTS) is 2. The maximum atomic E-state index is 11.4. The lowest BCUT2D eigenvalue weighted by Crippen LogP contribution is -2.32. The van der Waals surface area contributed by atoms with Gasteiger partial charge in [-0.1, -0.05) is 18.2 Å². The van der Waals surface area contributed by atoms with Crippen LogP contribution in [0.4, 0.5) is 5.69 Å². The molecule has 1 aromatic carbocycles. The van der Waals surface area contributed by atoms with Crippen LogP contribution in [0.5, 0.6) is 0 Å². The first-order chi connectivity index (χ1) is 9.91. The fraction of sp³-hybridized carbons (Fsp3) is 0.385. The zero-order valence-electron chi connectivity index (χ0n) is 11.2. The zero-order valence-corrected chi connectivity index (χ0v) is 12.1. The first-order valence-corrected chi connectivity index (χ1v) is 7.58. The Kier molecular flexibility index (Phi) is 6.78. The molecular formula is C13H17NO6P+. The average Bonchev–Trinajstić information content (AvgIpc) is 2.42. The second-order valence-corrected chi connectivity index (χ2v) is 5.76. The molecule has 0 fully saturated rings. The molecule has 0 aromatic heterocycles. The van der Waals surface area contributed by atoms with Gasteiger partial charge < -0.3 is 15.5 Å². The minimum absolute atomic E-state index is 0.0215. The van der Waals surface area contributed by atoms with Crippen LogP contribution in [0.3, 0.4) is 0 Å². The summed E-state index contributed by atoms with van der Waals surface area (Å²) >= 11 is 0.